The summed E-state index contributed by atoms with van der Waals surface area (Å²) in [4.78, 5) is 11.9. The van der Waals surface area contributed by atoms with Crippen LogP contribution >= 0.6 is 11.6 Å². The third-order valence-electron chi connectivity index (χ3n) is 4.76. The molecule has 0 aliphatic carbocycles. The van der Waals surface area contributed by atoms with Gasteiger partial charge in [0.1, 0.15) is 17.5 Å². The van der Waals surface area contributed by atoms with Crippen LogP contribution < -0.4 is 10.2 Å². The second-order valence-corrected chi connectivity index (χ2v) is 7.60. The zero-order valence-electron chi connectivity index (χ0n) is 15.5. The van der Waals surface area contributed by atoms with Gasteiger partial charge in [-0.15, -0.1) is 0 Å². The molecule has 3 rings (SSSR count). The number of hydrogen-bond acceptors (Lipinski definition) is 4. The minimum atomic E-state index is 0.299. The van der Waals surface area contributed by atoms with Crippen molar-refractivity contribution in [2.45, 2.75) is 59.0 Å². The summed E-state index contributed by atoms with van der Waals surface area (Å²) in [6.45, 7) is 10.4. The van der Waals surface area contributed by atoms with Crippen molar-refractivity contribution >= 4 is 23.2 Å². The average molecular weight is 359 g/mol. The highest BCUT2D eigenvalue weighted by atomic mass is 35.5. The lowest BCUT2D eigenvalue weighted by molar-refractivity contribution is 0.699. The molecule has 1 aromatic carbocycles. The zero-order valence-corrected chi connectivity index (χ0v) is 16.3. The zero-order chi connectivity index (χ0) is 18.0. The summed E-state index contributed by atoms with van der Waals surface area (Å²) in [6.07, 6.45) is 2.05. The van der Waals surface area contributed by atoms with E-state index in [1.807, 2.05) is 6.07 Å². The Hall–Kier alpha value is -1.81. The first-order valence-electron chi connectivity index (χ1n) is 9.14. The number of halogens is 1. The van der Waals surface area contributed by atoms with Gasteiger partial charge in [0, 0.05) is 36.1 Å². The van der Waals surface area contributed by atoms with Gasteiger partial charge in [-0.05, 0) is 43.0 Å². The van der Waals surface area contributed by atoms with Crippen LogP contribution in [0.4, 0.5) is 11.6 Å². The van der Waals surface area contributed by atoms with Crippen molar-refractivity contribution in [3.8, 4) is 0 Å². The quantitative estimate of drug-likeness (QED) is 0.814. The normalized spacial score (nSPS) is 15.2. The number of benzene rings is 1. The summed E-state index contributed by atoms with van der Waals surface area (Å²) in [5.41, 5.74) is 2.68. The average Bonchev–Trinajstić information content (AvgIpc) is 2.60. The van der Waals surface area contributed by atoms with Gasteiger partial charge >= 0.3 is 0 Å². The number of aromatic nitrogens is 2. The van der Waals surface area contributed by atoms with Gasteiger partial charge in [-0.25, -0.2) is 9.97 Å². The summed E-state index contributed by atoms with van der Waals surface area (Å²) in [7, 11) is 0. The Labute approximate surface area is 155 Å². The third-order valence-corrected chi connectivity index (χ3v) is 4.99. The number of rotatable bonds is 5. The molecule has 2 aromatic rings. The summed E-state index contributed by atoms with van der Waals surface area (Å²) >= 11 is 6.13. The van der Waals surface area contributed by atoms with Crippen LogP contribution in [0.5, 0.6) is 0 Å². The monoisotopic (exact) mass is 358 g/mol. The number of hydrogen-bond donors (Lipinski definition) is 1. The van der Waals surface area contributed by atoms with E-state index in [0.29, 0.717) is 12.0 Å². The van der Waals surface area contributed by atoms with E-state index in [-0.39, 0.29) is 0 Å². The van der Waals surface area contributed by atoms with Crippen molar-refractivity contribution in [1.29, 1.82) is 0 Å². The Kier molecular flexibility index (Phi) is 5.48. The van der Waals surface area contributed by atoms with Crippen LogP contribution in [0.2, 0.25) is 5.02 Å². The van der Waals surface area contributed by atoms with E-state index in [1.54, 1.807) is 0 Å². The Morgan fingerprint density at radius 3 is 2.68 bits per heavy atom. The lowest BCUT2D eigenvalue weighted by Crippen LogP contribution is -2.31. The summed E-state index contributed by atoms with van der Waals surface area (Å²) < 4.78 is 0. The fourth-order valence-corrected chi connectivity index (χ4v) is 3.21. The molecule has 0 bridgehead atoms. The Morgan fingerprint density at radius 2 is 1.96 bits per heavy atom. The molecule has 0 saturated heterocycles. The van der Waals surface area contributed by atoms with Gasteiger partial charge in [0.15, 0.2) is 0 Å². The minimum Gasteiger partial charge on any atom is -0.367 e. The highest BCUT2D eigenvalue weighted by Gasteiger charge is 2.20. The Bertz CT molecular complexity index is 744. The molecule has 0 saturated carbocycles. The van der Waals surface area contributed by atoms with E-state index in [1.165, 1.54) is 11.1 Å². The fourth-order valence-electron chi connectivity index (χ4n) is 3.02. The predicted molar refractivity (Wildman–Crippen MR) is 106 cm³/mol. The molecular weight excluding hydrogens is 332 g/mol. The minimum absolute atomic E-state index is 0.299. The van der Waals surface area contributed by atoms with E-state index >= 15 is 0 Å². The largest absolute Gasteiger partial charge is 0.367 e. The maximum Gasteiger partial charge on any atom is 0.135 e. The van der Waals surface area contributed by atoms with Crippen LogP contribution in [0, 0.1) is 0 Å². The third kappa shape index (κ3) is 4.24. The van der Waals surface area contributed by atoms with Crippen molar-refractivity contribution in [1.82, 2.24) is 9.97 Å². The molecule has 4 nitrogen and oxygen atoms in total. The lowest BCUT2D eigenvalue weighted by Gasteiger charge is -2.30. The molecular formula is C20H27ClN4. The van der Waals surface area contributed by atoms with Gasteiger partial charge in [-0.1, -0.05) is 38.4 Å². The molecule has 0 radical (unpaired) electrons. The van der Waals surface area contributed by atoms with E-state index in [9.17, 15) is 0 Å². The molecule has 134 valence electrons. The molecule has 1 atom stereocenters. The standard InChI is InChI=1S/C20H27ClN4/c1-5-14(4)22-18-11-19(24-20(23-18)13(2)3)25-9-8-15-10-17(21)7-6-16(15)12-25/h6-7,10-11,13-14H,5,8-9,12H2,1-4H3,(H,22,23,24)/t14-/m1/s1. The van der Waals surface area contributed by atoms with Crippen LogP contribution in [0.15, 0.2) is 24.3 Å². The van der Waals surface area contributed by atoms with Crippen molar-refractivity contribution in [2.24, 2.45) is 0 Å². The molecule has 1 aliphatic heterocycles. The number of fused-ring (bicyclic) bond motifs is 1. The van der Waals surface area contributed by atoms with Crippen LogP contribution in [0.3, 0.4) is 0 Å². The highest BCUT2D eigenvalue weighted by Crippen LogP contribution is 2.28. The van der Waals surface area contributed by atoms with Gasteiger partial charge in [0.05, 0.1) is 0 Å². The molecule has 1 aliphatic rings. The molecule has 0 amide bonds. The summed E-state index contributed by atoms with van der Waals surface area (Å²) in [6, 6.07) is 8.67. The van der Waals surface area contributed by atoms with Gasteiger partial charge < -0.3 is 10.2 Å². The number of anilines is 2. The van der Waals surface area contributed by atoms with Crippen molar-refractivity contribution in [3.05, 3.63) is 46.2 Å². The second-order valence-electron chi connectivity index (χ2n) is 7.16. The van der Waals surface area contributed by atoms with Gasteiger partial charge in [-0.3, -0.25) is 0 Å². The Morgan fingerprint density at radius 1 is 1.16 bits per heavy atom. The van der Waals surface area contributed by atoms with Crippen LogP contribution in [0.1, 0.15) is 57.0 Å². The van der Waals surface area contributed by atoms with Crippen molar-refractivity contribution < 1.29 is 0 Å². The number of nitrogens with zero attached hydrogens (tertiary/aromatic N) is 3. The van der Waals surface area contributed by atoms with Crippen LogP contribution in [-0.2, 0) is 13.0 Å². The molecule has 2 heterocycles. The van der Waals surface area contributed by atoms with Gasteiger partial charge in [0.25, 0.3) is 0 Å². The molecule has 5 heteroatoms. The van der Waals surface area contributed by atoms with E-state index in [2.05, 4.69) is 56.1 Å². The second kappa shape index (κ2) is 7.61. The SMILES string of the molecule is CC[C@@H](C)Nc1cc(N2CCc3cc(Cl)ccc3C2)nc(C(C)C)n1. The molecule has 25 heavy (non-hydrogen) atoms. The van der Waals surface area contributed by atoms with E-state index < -0.39 is 0 Å². The predicted octanol–water partition coefficient (Wildman–Crippen LogP) is 5.03. The summed E-state index contributed by atoms with van der Waals surface area (Å²) in [5, 5.41) is 4.31. The first-order chi connectivity index (χ1) is 12.0. The lowest BCUT2D eigenvalue weighted by atomic mass is 10.00. The van der Waals surface area contributed by atoms with E-state index in [4.69, 9.17) is 21.6 Å². The Balaban J connectivity index is 1.89. The van der Waals surface area contributed by atoms with Gasteiger partial charge in [0.2, 0.25) is 0 Å². The highest BCUT2D eigenvalue weighted by molar-refractivity contribution is 6.30. The number of nitrogens with one attached hydrogen (secondary N) is 1. The molecule has 0 fully saturated rings. The maximum atomic E-state index is 6.13. The maximum absolute atomic E-state index is 6.13. The smallest absolute Gasteiger partial charge is 0.135 e. The topological polar surface area (TPSA) is 41.0 Å². The summed E-state index contributed by atoms with van der Waals surface area (Å²) in [5.74, 6) is 3.12. The molecule has 1 aromatic heterocycles. The van der Waals surface area contributed by atoms with Crippen molar-refractivity contribution in [2.75, 3.05) is 16.8 Å². The first kappa shape index (κ1) is 18.0. The van der Waals surface area contributed by atoms with Crippen molar-refractivity contribution in [3.63, 3.8) is 0 Å². The van der Waals surface area contributed by atoms with E-state index in [0.717, 1.165) is 48.4 Å². The van der Waals surface area contributed by atoms with Gasteiger partial charge in [-0.2, -0.15) is 0 Å². The first-order valence-corrected chi connectivity index (χ1v) is 9.51. The fraction of sp³-hybridized carbons (Fsp3) is 0.500. The van der Waals surface area contributed by atoms with Crippen LogP contribution in [0.25, 0.3) is 0 Å². The molecule has 1 N–H and O–H groups in total. The molecule has 0 spiro atoms. The van der Waals surface area contributed by atoms with Crippen LogP contribution in [-0.4, -0.2) is 22.6 Å². The molecule has 0 unspecified atom stereocenters.